The van der Waals surface area contributed by atoms with Crippen molar-refractivity contribution in [2.24, 2.45) is 5.73 Å². The van der Waals surface area contributed by atoms with Crippen LogP contribution >= 0.6 is 12.6 Å². The highest BCUT2D eigenvalue weighted by Crippen LogP contribution is 2.01. The topological polar surface area (TPSA) is 63.3 Å². The molecule has 2 unspecified atom stereocenters. The van der Waals surface area contributed by atoms with E-state index in [0.717, 1.165) is 0 Å². The van der Waals surface area contributed by atoms with Crippen molar-refractivity contribution in [3.8, 4) is 0 Å². The molecule has 0 saturated heterocycles. The molecular formula is C5H11NO2S. The van der Waals surface area contributed by atoms with Crippen molar-refractivity contribution in [3.05, 3.63) is 0 Å². The molecule has 0 aliphatic carbocycles. The number of carbonyl (C=O) groups is 1. The lowest BCUT2D eigenvalue weighted by atomic mass is 10.2. The summed E-state index contributed by atoms with van der Waals surface area (Å²) in [7, 11) is 0. The van der Waals surface area contributed by atoms with Gasteiger partial charge < -0.3 is 10.8 Å². The molecule has 0 aromatic carbocycles. The number of hydrogen-bond acceptors (Lipinski definition) is 3. The maximum atomic E-state index is 10.1. The Labute approximate surface area is 59.6 Å². The first-order valence-corrected chi connectivity index (χ1v) is 3.22. The summed E-state index contributed by atoms with van der Waals surface area (Å²) in [6.45, 7) is 1.81. The Morgan fingerprint density at radius 2 is 2.33 bits per heavy atom. The van der Waals surface area contributed by atoms with Crippen LogP contribution < -0.4 is 5.73 Å². The van der Waals surface area contributed by atoms with E-state index in [1.54, 1.807) is 0 Å². The Kier molecular flexibility index (Phi) is 3.65. The minimum atomic E-state index is -0.962. The summed E-state index contributed by atoms with van der Waals surface area (Å²) in [5.74, 6) is -0.962. The minimum absolute atomic E-state index is 0.0519. The van der Waals surface area contributed by atoms with Crippen LogP contribution in [0.25, 0.3) is 0 Å². The average molecular weight is 149 g/mol. The number of nitrogens with two attached hydrogens (primary N) is 1. The van der Waals surface area contributed by atoms with E-state index < -0.39 is 12.0 Å². The molecule has 3 N–H and O–H groups in total. The van der Waals surface area contributed by atoms with Gasteiger partial charge in [0.2, 0.25) is 0 Å². The van der Waals surface area contributed by atoms with Crippen LogP contribution in [0.2, 0.25) is 0 Å². The summed E-state index contributed by atoms with van der Waals surface area (Å²) in [5.41, 5.74) is 5.17. The van der Waals surface area contributed by atoms with Gasteiger partial charge in [0.05, 0.1) is 0 Å². The molecule has 2 atom stereocenters. The molecule has 54 valence electrons. The van der Waals surface area contributed by atoms with Crippen molar-refractivity contribution in [1.82, 2.24) is 0 Å². The maximum Gasteiger partial charge on any atom is 0.320 e. The second kappa shape index (κ2) is 3.74. The van der Waals surface area contributed by atoms with Gasteiger partial charge in [-0.25, -0.2) is 0 Å². The molecule has 0 aliphatic rings. The van der Waals surface area contributed by atoms with E-state index in [0.29, 0.717) is 6.42 Å². The molecular weight excluding hydrogens is 138 g/mol. The van der Waals surface area contributed by atoms with Gasteiger partial charge in [0.1, 0.15) is 6.04 Å². The summed E-state index contributed by atoms with van der Waals surface area (Å²) in [5, 5.41) is 8.32. The Bertz CT molecular complexity index is 105. The van der Waals surface area contributed by atoms with E-state index in [1.807, 2.05) is 6.92 Å². The van der Waals surface area contributed by atoms with Gasteiger partial charge in [-0.3, -0.25) is 4.79 Å². The second-order valence-corrected chi connectivity index (χ2v) is 2.91. The molecule has 0 bridgehead atoms. The summed E-state index contributed by atoms with van der Waals surface area (Å²) in [4.78, 5) is 10.1. The lowest BCUT2D eigenvalue weighted by molar-refractivity contribution is -0.138. The average Bonchev–Trinajstić information content (AvgIpc) is 1.63. The zero-order chi connectivity index (χ0) is 7.44. The van der Waals surface area contributed by atoms with Gasteiger partial charge in [-0.15, -0.1) is 0 Å². The molecule has 9 heavy (non-hydrogen) atoms. The standard InChI is InChI=1S/C5H11NO2S/c1-3(9)2-4(6)5(7)8/h3-4,9H,2,6H2,1H3,(H,7,8). The molecule has 0 aromatic heterocycles. The summed E-state index contributed by atoms with van der Waals surface area (Å²) >= 11 is 3.99. The highest BCUT2D eigenvalue weighted by atomic mass is 32.1. The van der Waals surface area contributed by atoms with Crippen LogP contribution in [0, 0.1) is 0 Å². The SMILES string of the molecule is CC(S)CC(N)C(=O)O. The van der Waals surface area contributed by atoms with Crippen molar-refractivity contribution < 1.29 is 9.90 Å². The Morgan fingerprint density at radius 3 is 2.44 bits per heavy atom. The third-order valence-corrected chi connectivity index (χ3v) is 1.12. The van der Waals surface area contributed by atoms with Gasteiger partial charge in [0, 0.05) is 5.25 Å². The lowest BCUT2D eigenvalue weighted by Crippen LogP contribution is -2.31. The zero-order valence-corrected chi connectivity index (χ0v) is 6.14. The molecule has 0 spiro atoms. The predicted molar refractivity (Wildman–Crippen MR) is 38.7 cm³/mol. The zero-order valence-electron chi connectivity index (χ0n) is 5.24. The summed E-state index contributed by atoms with van der Waals surface area (Å²) in [6, 6.07) is -0.766. The van der Waals surface area contributed by atoms with Crippen molar-refractivity contribution in [2.75, 3.05) is 0 Å². The maximum absolute atomic E-state index is 10.1. The van der Waals surface area contributed by atoms with Crippen LogP contribution in [-0.2, 0) is 4.79 Å². The van der Waals surface area contributed by atoms with Crippen LogP contribution in [0.15, 0.2) is 0 Å². The fraction of sp³-hybridized carbons (Fsp3) is 0.800. The van der Waals surface area contributed by atoms with Gasteiger partial charge >= 0.3 is 5.97 Å². The number of rotatable bonds is 3. The molecule has 4 heteroatoms. The number of aliphatic carboxylic acids is 1. The van der Waals surface area contributed by atoms with Crippen LogP contribution in [0.1, 0.15) is 13.3 Å². The fourth-order valence-corrected chi connectivity index (χ4v) is 0.695. The van der Waals surface area contributed by atoms with Crippen molar-refractivity contribution in [1.29, 1.82) is 0 Å². The quantitative estimate of drug-likeness (QED) is 0.499. The normalized spacial score (nSPS) is 16.8. The highest BCUT2D eigenvalue weighted by Gasteiger charge is 2.12. The van der Waals surface area contributed by atoms with Crippen LogP contribution in [-0.4, -0.2) is 22.4 Å². The molecule has 0 fully saturated rings. The number of carboxylic acid groups (broad SMARTS) is 1. The first-order valence-electron chi connectivity index (χ1n) is 2.70. The Balaban J connectivity index is 3.50. The second-order valence-electron chi connectivity index (χ2n) is 2.03. The highest BCUT2D eigenvalue weighted by molar-refractivity contribution is 7.80. The molecule has 3 nitrogen and oxygen atoms in total. The molecule has 0 radical (unpaired) electrons. The predicted octanol–water partition coefficient (Wildman–Crippen LogP) is 0.107. The number of carboxylic acids is 1. The summed E-state index contributed by atoms with van der Waals surface area (Å²) < 4.78 is 0. The first-order chi connectivity index (χ1) is 4.04. The van der Waals surface area contributed by atoms with Gasteiger partial charge in [0.15, 0.2) is 0 Å². The molecule has 0 heterocycles. The fourth-order valence-electron chi connectivity index (χ4n) is 0.468. The third kappa shape index (κ3) is 4.29. The van der Waals surface area contributed by atoms with Gasteiger partial charge in [-0.1, -0.05) is 6.92 Å². The molecule has 0 aliphatic heterocycles. The summed E-state index contributed by atoms with van der Waals surface area (Å²) in [6.07, 6.45) is 0.415. The lowest BCUT2D eigenvalue weighted by Gasteiger charge is -2.06. The van der Waals surface area contributed by atoms with Crippen molar-refractivity contribution >= 4 is 18.6 Å². The number of hydrogen-bond donors (Lipinski definition) is 3. The Hall–Kier alpha value is -0.220. The molecule has 0 aromatic rings. The van der Waals surface area contributed by atoms with E-state index in [1.165, 1.54) is 0 Å². The Morgan fingerprint density at radius 1 is 1.89 bits per heavy atom. The van der Waals surface area contributed by atoms with Gasteiger partial charge in [-0.05, 0) is 6.42 Å². The molecule has 0 rings (SSSR count). The smallest absolute Gasteiger partial charge is 0.320 e. The number of thiol groups is 1. The largest absolute Gasteiger partial charge is 0.480 e. The van der Waals surface area contributed by atoms with E-state index in [4.69, 9.17) is 10.8 Å². The minimum Gasteiger partial charge on any atom is -0.480 e. The molecule has 0 saturated carbocycles. The van der Waals surface area contributed by atoms with Crippen molar-refractivity contribution in [2.45, 2.75) is 24.6 Å². The van der Waals surface area contributed by atoms with Crippen molar-refractivity contribution in [3.63, 3.8) is 0 Å². The van der Waals surface area contributed by atoms with E-state index >= 15 is 0 Å². The first kappa shape index (κ1) is 8.78. The van der Waals surface area contributed by atoms with Crippen LogP contribution in [0.3, 0.4) is 0 Å². The van der Waals surface area contributed by atoms with E-state index in [2.05, 4.69) is 12.6 Å². The monoisotopic (exact) mass is 149 g/mol. The van der Waals surface area contributed by atoms with Crippen LogP contribution in [0.5, 0.6) is 0 Å². The van der Waals surface area contributed by atoms with Crippen LogP contribution in [0.4, 0.5) is 0 Å². The van der Waals surface area contributed by atoms with Gasteiger partial charge in [0.25, 0.3) is 0 Å². The third-order valence-electron chi connectivity index (χ3n) is 0.912. The van der Waals surface area contributed by atoms with E-state index in [-0.39, 0.29) is 5.25 Å². The molecule has 0 amide bonds. The van der Waals surface area contributed by atoms with E-state index in [9.17, 15) is 4.79 Å². The van der Waals surface area contributed by atoms with Gasteiger partial charge in [-0.2, -0.15) is 12.6 Å².